The van der Waals surface area contributed by atoms with E-state index in [2.05, 4.69) is 32.0 Å². The van der Waals surface area contributed by atoms with Crippen LogP contribution in [0, 0.1) is 0 Å². The summed E-state index contributed by atoms with van der Waals surface area (Å²) in [7, 11) is 3.24. The highest BCUT2D eigenvalue weighted by atomic mass is 16.5. The second kappa shape index (κ2) is 8.02. The van der Waals surface area contributed by atoms with Gasteiger partial charge in [0.1, 0.15) is 5.82 Å². The molecule has 1 aromatic carbocycles. The van der Waals surface area contributed by atoms with Crippen molar-refractivity contribution in [2.75, 3.05) is 57.2 Å². The highest BCUT2D eigenvalue weighted by Gasteiger charge is 2.17. The molecule has 1 fully saturated rings. The zero-order chi connectivity index (χ0) is 17.6. The van der Waals surface area contributed by atoms with Gasteiger partial charge in [0.15, 0.2) is 11.5 Å². The molecule has 1 saturated heterocycles. The molecule has 0 saturated carbocycles. The van der Waals surface area contributed by atoms with Crippen LogP contribution in [-0.2, 0) is 0 Å². The van der Waals surface area contributed by atoms with E-state index in [1.807, 2.05) is 24.3 Å². The maximum atomic E-state index is 5.34. The van der Waals surface area contributed by atoms with E-state index in [0.29, 0.717) is 17.4 Å². The second-order valence-corrected chi connectivity index (χ2v) is 5.85. The first kappa shape index (κ1) is 17.3. The number of methoxy groups -OCH3 is 2. The van der Waals surface area contributed by atoms with Gasteiger partial charge in [0, 0.05) is 44.1 Å². The van der Waals surface area contributed by atoms with Crippen LogP contribution in [0.5, 0.6) is 11.5 Å². The summed E-state index contributed by atoms with van der Waals surface area (Å²) < 4.78 is 10.6. The lowest BCUT2D eigenvalue weighted by Crippen LogP contribution is -2.46. The van der Waals surface area contributed by atoms with Crippen molar-refractivity contribution in [3.8, 4) is 11.5 Å². The maximum absolute atomic E-state index is 5.34. The van der Waals surface area contributed by atoms with Crippen LogP contribution in [-0.4, -0.2) is 61.8 Å². The van der Waals surface area contributed by atoms with Crippen molar-refractivity contribution in [2.45, 2.75) is 6.92 Å². The molecule has 1 aliphatic rings. The van der Waals surface area contributed by atoms with Gasteiger partial charge in [0.2, 0.25) is 5.95 Å². The number of hydrogen-bond acceptors (Lipinski definition) is 7. The maximum Gasteiger partial charge on any atom is 0.229 e. The number of rotatable bonds is 6. The predicted molar refractivity (Wildman–Crippen MR) is 99.2 cm³/mol. The lowest BCUT2D eigenvalue weighted by Gasteiger charge is -2.34. The van der Waals surface area contributed by atoms with E-state index < -0.39 is 0 Å². The van der Waals surface area contributed by atoms with Gasteiger partial charge in [-0.1, -0.05) is 6.92 Å². The minimum absolute atomic E-state index is 0.572. The molecule has 134 valence electrons. The molecular weight excluding hydrogens is 318 g/mol. The summed E-state index contributed by atoms with van der Waals surface area (Å²) in [5.41, 5.74) is 0.852. The fourth-order valence-corrected chi connectivity index (χ4v) is 2.92. The minimum atomic E-state index is 0.572. The third-order valence-corrected chi connectivity index (χ3v) is 4.42. The van der Waals surface area contributed by atoms with Gasteiger partial charge in [-0.2, -0.15) is 4.98 Å². The van der Waals surface area contributed by atoms with Crippen LogP contribution < -0.4 is 19.7 Å². The van der Waals surface area contributed by atoms with Crippen molar-refractivity contribution in [3.05, 3.63) is 30.5 Å². The summed E-state index contributed by atoms with van der Waals surface area (Å²) in [6.07, 6.45) is 1.79. The molecule has 1 aliphatic heterocycles. The first-order chi connectivity index (χ1) is 12.2. The number of piperazine rings is 1. The molecule has 0 spiro atoms. The van der Waals surface area contributed by atoms with Gasteiger partial charge in [-0.05, 0) is 24.7 Å². The van der Waals surface area contributed by atoms with Crippen LogP contribution in [0.25, 0.3) is 0 Å². The Labute approximate surface area is 148 Å². The smallest absolute Gasteiger partial charge is 0.229 e. The SMILES string of the molecule is CCN1CCN(c2ccnc(Nc3ccc(OC)c(OC)c3)n2)CC1. The highest BCUT2D eigenvalue weighted by Crippen LogP contribution is 2.30. The number of nitrogens with zero attached hydrogens (tertiary/aromatic N) is 4. The van der Waals surface area contributed by atoms with Crippen molar-refractivity contribution < 1.29 is 9.47 Å². The topological polar surface area (TPSA) is 62.8 Å². The molecule has 25 heavy (non-hydrogen) atoms. The van der Waals surface area contributed by atoms with E-state index in [9.17, 15) is 0 Å². The van der Waals surface area contributed by atoms with Crippen molar-refractivity contribution >= 4 is 17.5 Å². The molecule has 3 rings (SSSR count). The number of nitrogens with one attached hydrogen (secondary N) is 1. The molecule has 1 N–H and O–H groups in total. The number of aromatic nitrogens is 2. The van der Waals surface area contributed by atoms with Gasteiger partial charge in [0.05, 0.1) is 14.2 Å². The van der Waals surface area contributed by atoms with Crippen molar-refractivity contribution in [3.63, 3.8) is 0 Å². The van der Waals surface area contributed by atoms with Crippen LogP contribution in [0.4, 0.5) is 17.5 Å². The number of hydrogen-bond donors (Lipinski definition) is 1. The summed E-state index contributed by atoms with van der Waals surface area (Å²) in [6.45, 7) is 7.41. The first-order valence-corrected chi connectivity index (χ1v) is 8.53. The highest BCUT2D eigenvalue weighted by molar-refractivity contribution is 5.60. The molecule has 7 nitrogen and oxygen atoms in total. The number of benzene rings is 1. The van der Waals surface area contributed by atoms with Crippen LogP contribution in [0.1, 0.15) is 6.92 Å². The Morgan fingerprint density at radius 2 is 1.80 bits per heavy atom. The normalized spacial score (nSPS) is 15.1. The molecule has 0 atom stereocenters. The van der Waals surface area contributed by atoms with Gasteiger partial charge in [-0.25, -0.2) is 4.98 Å². The van der Waals surface area contributed by atoms with Crippen molar-refractivity contribution in [2.24, 2.45) is 0 Å². The molecule has 0 amide bonds. The molecule has 0 aliphatic carbocycles. The second-order valence-electron chi connectivity index (χ2n) is 5.85. The van der Waals surface area contributed by atoms with E-state index in [-0.39, 0.29) is 0 Å². The average molecular weight is 343 g/mol. The van der Waals surface area contributed by atoms with E-state index >= 15 is 0 Å². The largest absolute Gasteiger partial charge is 0.493 e. The standard InChI is InChI=1S/C18H25N5O2/c1-4-22-9-11-23(12-10-22)17-7-8-19-18(21-17)20-14-5-6-15(24-2)16(13-14)25-3/h5-8,13H,4,9-12H2,1-3H3,(H,19,20,21). The summed E-state index contributed by atoms with van der Waals surface area (Å²) in [5, 5.41) is 3.23. The van der Waals surface area contributed by atoms with Gasteiger partial charge >= 0.3 is 0 Å². The molecule has 0 unspecified atom stereocenters. The minimum Gasteiger partial charge on any atom is -0.493 e. The first-order valence-electron chi connectivity index (χ1n) is 8.53. The van der Waals surface area contributed by atoms with Crippen molar-refractivity contribution in [1.82, 2.24) is 14.9 Å². The van der Waals surface area contributed by atoms with Gasteiger partial charge in [0.25, 0.3) is 0 Å². The third kappa shape index (κ3) is 4.11. The van der Waals surface area contributed by atoms with Crippen LogP contribution >= 0.6 is 0 Å². The predicted octanol–water partition coefficient (Wildman–Crippen LogP) is 2.38. The molecular formula is C18H25N5O2. The summed E-state index contributed by atoms with van der Waals surface area (Å²) >= 11 is 0. The summed E-state index contributed by atoms with van der Waals surface area (Å²) in [5.74, 6) is 2.88. The fourth-order valence-electron chi connectivity index (χ4n) is 2.92. The van der Waals surface area contributed by atoms with Gasteiger partial charge < -0.3 is 24.6 Å². The van der Waals surface area contributed by atoms with Gasteiger partial charge in [-0.15, -0.1) is 0 Å². The summed E-state index contributed by atoms with van der Waals surface area (Å²) in [6, 6.07) is 7.60. The molecule has 0 bridgehead atoms. The zero-order valence-electron chi connectivity index (χ0n) is 15.0. The third-order valence-electron chi connectivity index (χ3n) is 4.42. The molecule has 2 aromatic rings. The van der Waals surface area contributed by atoms with E-state index in [4.69, 9.17) is 9.47 Å². The Balaban J connectivity index is 1.72. The molecule has 1 aromatic heterocycles. The van der Waals surface area contributed by atoms with E-state index in [1.54, 1.807) is 20.4 Å². The molecule has 0 radical (unpaired) electrons. The van der Waals surface area contributed by atoms with Gasteiger partial charge in [-0.3, -0.25) is 0 Å². The zero-order valence-corrected chi connectivity index (χ0v) is 15.0. The van der Waals surface area contributed by atoms with E-state index in [1.165, 1.54) is 0 Å². The quantitative estimate of drug-likeness (QED) is 0.864. The Kier molecular flexibility index (Phi) is 5.55. The van der Waals surface area contributed by atoms with Crippen LogP contribution in [0.3, 0.4) is 0 Å². The average Bonchev–Trinajstić information content (AvgIpc) is 2.68. The van der Waals surface area contributed by atoms with E-state index in [0.717, 1.165) is 44.2 Å². The Hall–Kier alpha value is -2.54. The fraction of sp³-hybridized carbons (Fsp3) is 0.444. The number of likely N-dealkylation sites (N-methyl/N-ethyl adjacent to an activating group) is 1. The molecule has 2 heterocycles. The summed E-state index contributed by atoms with van der Waals surface area (Å²) in [4.78, 5) is 13.7. The monoisotopic (exact) mass is 343 g/mol. The number of ether oxygens (including phenoxy) is 2. The Morgan fingerprint density at radius 1 is 1.04 bits per heavy atom. The Morgan fingerprint density at radius 3 is 2.48 bits per heavy atom. The van der Waals surface area contributed by atoms with Crippen molar-refractivity contribution in [1.29, 1.82) is 0 Å². The molecule has 7 heteroatoms. The van der Waals surface area contributed by atoms with Crippen LogP contribution in [0.15, 0.2) is 30.5 Å². The lowest BCUT2D eigenvalue weighted by molar-refractivity contribution is 0.270. The lowest BCUT2D eigenvalue weighted by atomic mass is 10.3. The Bertz CT molecular complexity index is 702. The number of anilines is 3. The van der Waals surface area contributed by atoms with Crippen LogP contribution in [0.2, 0.25) is 0 Å².